The SMILES string of the molecule is CCC(C)CCCCCCCCCCCCCCCCC(=O)OC[C@H](COP(=O)(O)OC[C@@H](O)COP(=O)(O)OC[C@@H](COC(=O)CCCCCCCCC(C)CC)OC(=O)CCCCCCCCCCCCCCC(C)C)OC(=O)CCCCCCCCCC(C)C. The molecule has 0 aromatic carbocycles. The summed E-state index contributed by atoms with van der Waals surface area (Å²) in [4.78, 5) is 72.7. The van der Waals surface area contributed by atoms with Crippen LogP contribution in [0.4, 0.5) is 0 Å². The van der Waals surface area contributed by atoms with Gasteiger partial charge in [-0.15, -0.1) is 0 Å². The minimum atomic E-state index is -4.95. The Balaban J connectivity index is 5.20. The van der Waals surface area contributed by atoms with Crippen molar-refractivity contribution in [3.63, 3.8) is 0 Å². The number of carbonyl (C=O) groups excluding carboxylic acids is 4. The normalized spacial score (nSPS) is 14.8. The Morgan fingerprint density at radius 2 is 0.516 bits per heavy atom. The second-order valence-electron chi connectivity index (χ2n) is 28.1. The van der Waals surface area contributed by atoms with Crippen molar-refractivity contribution >= 4 is 39.5 Å². The van der Waals surface area contributed by atoms with Gasteiger partial charge in [0.2, 0.25) is 0 Å². The van der Waals surface area contributed by atoms with Crippen LogP contribution in [-0.2, 0) is 65.4 Å². The quantitative estimate of drug-likeness (QED) is 0.0222. The van der Waals surface area contributed by atoms with Gasteiger partial charge in [0.15, 0.2) is 12.2 Å². The summed E-state index contributed by atoms with van der Waals surface area (Å²) >= 11 is 0. The maximum atomic E-state index is 13.0. The van der Waals surface area contributed by atoms with Crippen LogP contribution < -0.4 is 0 Å². The molecule has 7 atom stereocenters. The van der Waals surface area contributed by atoms with E-state index in [1.165, 1.54) is 167 Å². The number of aliphatic hydroxyl groups is 1. The Morgan fingerprint density at radius 1 is 0.301 bits per heavy atom. The van der Waals surface area contributed by atoms with Crippen LogP contribution in [0.15, 0.2) is 0 Å². The highest BCUT2D eigenvalue weighted by atomic mass is 31.2. The van der Waals surface area contributed by atoms with E-state index in [-0.39, 0.29) is 25.7 Å². The van der Waals surface area contributed by atoms with E-state index in [1.54, 1.807) is 0 Å². The third kappa shape index (κ3) is 65.8. The van der Waals surface area contributed by atoms with Crippen molar-refractivity contribution in [1.82, 2.24) is 0 Å². The molecule has 0 saturated heterocycles. The highest BCUT2D eigenvalue weighted by Crippen LogP contribution is 2.45. The van der Waals surface area contributed by atoms with E-state index < -0.39 is 97.5 Å². The maximum absolute atomic E-state index is 13.0. The summed E-state index contributed by atoms with van der Waals surface area (Å²) in [6.07, 6.45) is 47.3. The molecule has 0 aromatic heterocycles. The van der Waals surface area contributed by atoms with Gasteiger partial charge >= 0.3 is 39.5 Å². The van der Waals surface area contributed by atoms with E-state index in [0.717, 1.165) is 114 Å². The van der Waals surface area contributed by atoms with Gasteiger partial charge in [0.05, 0.1) is 26.4 Å². The highest BCUT2D eigenvalue weighted by molar-refractivity contribution is 7.47. The zero-order valence-corrected chi connectivity index (χ0v) is 62.7. The van der Waals surface area contributed by atoms with Gasteiger partial charge in [0.1, 0.15) is 19.3 Å². The average Bonchev–Trinajstić information content (AvgIpc) is 2.76. The summed E-state index contributed by atoms with van der Waals surface area (Å²) in [6.45, 7) is 14.1. The summed E-state index contributed by atoms with van der Waals surface area (Å²) in [6, 6.07) is 0. The second kappa shape index (κ2) is 63.5. The van der Waals surface area contributed by atoms with Gasteiger partial charge < -0.3 is 33.8 Å². The van der Waals surface area contributed by atoms with Crippen molar-refractivity contribution in [2.45, 2.75) is 388 Å². The summed E-state index contributed by atoms with van der Waals surface area (Å²) in [5.74, 6) is 0.926. The van der Waals surface area contributed by atoms with Crippen molar-refractivity contribution in [2.24, 2.45) is 23.7 Å². The number of phosphoric acid groups is 2. The largest absolute Gasteiger partial charge is 0.472 e. The topological polar surface area (TPSA) is 237 Å². The molecule has 17 nitrogen and oxygen atoms in total. The molecular weight excluding hydrogens is 1220 g/mol. The first kappa shape index (κ1) is 91.1. The summed E-state index contributed by atoms with van der Waals surface area (Å²) in [7, 11) is -9.91. The molecule has 0 aliphatic heterocycles. The number of ether oxygens (including phenoxy) is 4. The predicted molar refractivity (Wildman–Crippen MR) is 377 cm³/mol. The standard InChI is InChI=1S/C74H144O17P2/c1-9-66(7)52-44-36-28-22-18-13-11-12-14-19-23-29-38-46-54-71(76)84-60-69(91-74(79)57-49-41-31-25-27-35-43-51-65(5)6)62-88-92(80,81)86-58-68(75)59-87-93(82,83)89-63-70(61-85-72(77)55-47-39-33-32-37-45-53-67(8)10-2)90-73(78)56-48-40-30-24-20-16-15-17-21-26-34-42-50-64(3)4/h64-70,75H,9-63H2,1-8H3,(H,80,81)(H,82,83)/t66?,67?,68-,69-,70-/m1/s1. The summed E-state index contributed by atoms with van der Waals surface area (Å²) < 4.78 is 68.4. The van der Waals surface area contributed by atoms with Gasteiger partial charge in [-0.05, 0) is 49.4 Å². The highest BCUT2D eigenvalue weighted by Gasteiger charge is 2.30. The monoisotopic (exact) mass is 1370 g/mol. The van der Waals surface area contributed by atoms with Crippen molar-refractivity contribution < 1.29 is 80.2 Å². The first-order chi connectivity index (χ1) is 44.7. The molecule has 4 unspecified atom stereocenters. The number of rotatable bonds is 71. The van der Waals surface area contributed by atoms with E-state index in [2.05, 4.69) is 55.4 Å². The molecule has 552 valence electrons. The number of aliphatic hydroxyl groups excluding tert-OH is 1. The van der Waals surface area contributed by atoms with Gasteiger partial charge in [-0.2, -0.15) is 0 Å². The number of unbranched alkanes of at least 4 members (excludes halogenated alkanes) is 35. The van der Waals surface area contributed by atoms with Crippen molar-refractivity contribution in [3.05, 3.63) is 0 Å². The maximum Gasteiger partial charge on any atom is 0.472 e. The number of esters is 4. The second-order valence-corrected chi connectivity index (χ2v) is 31.0. The Bertz CT molecular complexity index is 1840. The molecular formula is C74H144O17P2. The Hall–Kier alpha value is -1.94. The smallest absolute Gasteiger partial charge is 0.462 e. The number of carbonyl (C=O) groups is 4. The van der Waals surface area contributed by atoms with Gasteiger partial charge in [-0.25, -0.2) is 9.13 Å². The lowest BCUT2D eigenvalue weighted by Crippen LogP contribution is -2.30. The van der Waals surface area contributed by atoms with Crippen LogP contribution in [0, 0.1) is 23.7 Å². The lowest BCUT2D eigenvalue weighted by Gasteiger charge is -2.21. The van der Waals surface area contributed by atoms with Gasteiger partial charge in [-0.3, -0.25) is 37.3 Å². The molecule has 19 heteroatoms. The molecule has 0 fully saturated rings. The van der Waals surface area contributed by atoms with Crippen LogP contribution in [0.25, 0.3) is 0 Å². The molecule has 0 spiro atoms. The van der Waals surface area contributed by atoms with Crippen molar-refractivity contribution in [2.75, 3.05) is 39.6 Å². The van der Waals surface area contributed by atoms with Gasteiger partial charge in [0, 0.05) is 25.7 Å². The van der Waals surface area contributed by atoms with Crippen LogP contribution >= 0.6 is 15.6 Å². The van der Waals surface area contributed by atoms with Crippen molar-refractivity contribution in [1.29, 1.82) is 0 Å². The van der Waals surface area contributed by atoms with E-state index in [0.29, 0.717) is 31.6 Å². The van der Waals surface area contributed by atoms with Crippen molar-refractivity contribution in [3.8, 4) is 0 Å². The fourth-order valence-corrected chi connectivity index (χ4v) is 12.7. The molecule has 0 aliphatic carbocycles. The fourth-order valence-electron chi connectivity index (χ4n) is 11.1. The molecule has 0 radical (unpaired) electrons. The predicted octanol–water partition coefficient (Wildman–Crippen LogP) is 21.3. The number of phosphoric ester groups is 2. The molecule has 0 saturated carbocycles. The lowest BCUT2D eigenvalue weighted by atomic mass is 9.99. The van der Waals surface area contributed by atoms with E-state index >= 15 is 0 Å². The average molecular weight is 1370 g/mol. The number of hydrogen-bond donors (Lipinski definition) is 3. The Morgan fingerprint density at radius 3 is 0.763 bits per heavy atom. The zero-order valence-electron chi connectivity index (χ0n) is 60.9. The molecule has 0 heterocycles. The van der Waals surface area contributed by atoms with E-state index in [4.69, 9.17) is 37.0 Å². The third-order valence-corrected chi connectivity index (χ3v) is 19.7. The molecule has 93 heavy (non-hydrogen) atoms. The molecule has 0 bridgehead atoms. The minimum Gasteiger partial charge on any atom is -0.462 e. The first-order valence-corrected chi connectivity index (χ1v) is 41.3. The fraction of sp³-hybridized carbons (Fsp3) is 0.946. The zero-order chi connectivity index (χ0) is 68.9. The first-order valence-electron chi connectivity index (χ1n) is 38.3. The minimum absolute atomic E-state index is 0.103. The van der Waals surface area contributed by atoms with Crippen LogP contribution in [-0.4, -0.2) is 96.7 Å². The molecule has 0 aromatic rings. The van der Waals surface area contributed by atoms with Crippen LogP contribution in [0.5, 0.6) is 0 Å². The summed E-state index contributed by atoms with van der Waals surface area (Å²) in [5.41, 5.74) is 0. The number of hydrogen-bond acceptors (Lipinski definition) is 15. The third-order valence-electron chi connectivity index (χ3n) is 17.8. The van der Waals surface area contributed by atoms with Crippen LogP contribution in [0.3, 0.4) is 0 Å². The molecule has 0 aliphatic rings. The van der Waals surface area contributed by atoms with E-state index in [9.17, 15) is 43.2 Å². The van der Waals surface area contributed by atoms with Gasteiger partial charge in [0.25, 0.3) is 0 Å². The molecule has 3 N–H and O–H groups in total. The van der Waals surface area contributed by atoms with Gasteiger partial charge in [-0.1, -0.05) is 319 Å². The molecule has 0 amide bonds. The Labute approximate surface area is 568 Å². The van der Waals surface area contributed by atoms with E-state index in [1.807, 2.05) is 0 Å². The van der Waals surface area contributed by atoms with Crippen LogP contribution in [0.2, 0.25) is 0 Å². The summed E-state index contributed by atoms with van der Waals surface area (Å²) in [5, 5.41) is 10.6. The molecule has 0 rings (SSSR count). The lowest BCUT2D eigenvalue weighted by molar-refractivity contribution is -0.161. The van der Waals surface area contributed by atoms with Crippen LogP contribution in [0.1, 0.15) is 370 Å². The Kier molecular flexibility index (Phi) is 62.2.